The van der Waals surface area contributed by atoms with E-state index in [4.69, 9.17) is 20.9 Å². The van der Waals surface area contributed by atoms with Crippen LogP contribution in [0.25, 0.3) is 5.57 Å². The summed E-state index contributed by atoms with van der Waals surface area (Å²) in [6, 6.07) is 20.6. The van der Waals surface area contributed by atoms with Crippen LogP contribution in [0.5, 0.6) is 11.5 Å². The topological polar surface area (TPSA) is 70.5 Å². The van der Waals surface area contributed by atoms with Gasteiger partial charge in [0.1, 0.15) is 16.3 Å². The molecule has 8 heteroatoms. The van der Waals surface area contributed by atoms with Crippen LogP contribution >= 0.6 is 63.7 Å². The van der Waals surface area contributed by atoms with Gasteiger partial charge in [-0.05, 0) is 101 Å². The quantitative estimate of drug-likeness (QED) is 0.164. The number of nitrogen functional groups attached to an aromatic ring is 2. The van der Waals surface area contributed by atoms with E-state index < -0.39 is 5.79 Å². The first-order valence-electron chi connectivity index (χ1n) is 9.55. The number of hydrogen-bond acceptors (Lipinski definition) is 4. The number of nitrogens with two attached hydrogens (primary N) is 2. The molecule has 1 unspecified atom stereocenters. The summed E-state index contributed by atoms with van der Waals surface area (Å²) >= 11 is 14.6. The second-order valence-electron chi connectivity index (χ2n) is 7.16. The van der Waals surface area contributed by atoms with Crippen LogP contribution in [-0.4, -0.2) is 10.6 Å². The van der Waals surface area contributed by atoms with E-state index in [0.29, 0.717) is 27.4 Å². The van der Waals surface area contributed by atoms with Crippen molar-refractivity contribution in [2.24, 2.45) is 0 Å². The second kappa shape index (κ2) is 9.63. The molecule has 0 bridgehead atoms. The van der Waals surface area contributed by atoms with E-state index in [-0.39, 0.29) is 4.83 Å². The van der Waals surface area contributed by atoms with Crippen molar-refractivity contribution in [1.29, 1.82) is 0 Å². The smallest absolute Gasteiger partial charge is 0.300 e. The van der Waals surface area contributed by atoms with Crippen molar-refractivity contribution in [1.82, 2.24) is 0 Å². The summed E-state index contributed by atoms with van der Waals surface area (Å²) in [6.45, 7) is 0. The van der Waals surface area contributed by atoms with Crippen molar-refractivity contribution in [3.05, 3.63) is 97.9 Å². The van der Waals surface area contributed by atoms with E-state index in [1.165, 1.54) is 0 Å². The maximum atomic E-state index is 6.45. The Hall–Kier alpha value is -1.74. The van der Waals surface area contributed by atoms with E-state index in [1.807, 2.05) is 42.5 Å². The van der Waals surface area contributed by atoms with Crippen LogP contribution in [0, 0.1) is 0 Å². The first-order chi connectivity index (χ1) is 15.3. The van der Waals surface area contributed by atoms with Gasteiger partial charge in [-0.15, -0.1) is 0 Å². The Kier molecular flexibility index (Phi) is 7.05. The average Bonchev–Trinajstić information content (AvgIpc) is 2.74. The summed E-state index contributed by atoms with van der Waals surface area (Å²) in [4.78, 5) is -0.352. The van der Waals surface area contributed by atoms with Gasteiger partial charge in [0, 0.05) is 32.5 Å². The average molecular weight is 686 g/mol. The number of ether oxygens (including phenoxy) is 2. The number of anilines is 2. The molecule has 3 aromatic rings. The Balaban J connectivity index is 1.77. The molecule has 0 spiro atoms. The minimum atomic E-state index is -1.22. The van der Waals surface area contributed by atoms with Crippen molar-refractivity contribution in [3.63, 3.8) is 0 Å². The van der Waals surface area contributed by atoms with Crippen LogP contribution in [-0.2, 0) is 0 Å². The molecule has 1 aliphatic carbocycles. The van der Waals surface area contributed by atoms with Crippen molar-refractivity contribution in [3.8, 4) is 11.5 Å². The minimum absolute atomic E-state index is 0.352. The van der Waals surface area contributed by atoms with Gasteiger partial charge in [0.15, 0.2) is 0 Å². The van der Waals surface area contributed by atoms with E-state index in [1.54, 1.807) is 24.3 Å². The molecule has 164 valence electrons. The van der Waals surface area contributed by atoms with Crippen LogP contribution in [0.1, 0.15) is 5.56 Å². The van der Waals surface area contributed by atoms with Crippen molar-refractivity contribution in [2.45, 2.75) is 10.6 Å². The maximum Gasteiger partial charge on any atom is 0.300 e. The molecule has 1 atom stereocenters. The predicted octanol–water partition coefficient (Wildman–Crippen LogP) is 7.67. The molecule has 0 aromatic heterocycles. The normalized spacial score (nSPS) is 17.3. The van der Waals surface area contributed by atoms with E-state index >= 15 is 0 Å². The summed E-state index contributed by atoms with van der Waals surface area (Å²) in [5, 5.41) is 0. The number of rotatable bonds is 5. The molecule has 32 heavy (non-hydrogen) atoms. The number of benzene rings is 3. The molecule has 3 aromatic carbocycles. The minimum Gasteiger partial charge on any atom is -0.446 e. The van der Waals surface area contributed by atoms with E-state index in [0.717, 1.165) is 20.1 Å². The molecule has 0 radical (unpaired) electrons. The summed E-state index contributed by atoms with van der Waals surface area (Å²) in [6.07, 6.45) is 4.05. The Bertz CT molecular complexity index is 1180. The van der Waals surface area contributed by atoms with Crippen LogP contribution in [0.4, 0.5) is 11.4 Å². The molecule has 4 N–H and O–H groups in total. The second-order valence-corrected chi connectivity index (χ2v) is 10.7. The van der Waals surface area contributed by atoms with Gasteiger partial charge >= 0.3 is 5.79 Å². The predicted molar refractivity (Wildman–Crippen MR) is 145 cm³/mol. The number of halogens is 4. The third-order valence-corrected chi connectivity index (χ3v) is 8.34. The maximum absolute atomic E-state index is 6.45. The SMILES string of the molecule is Nc1cccc(OC2(Oc3cccc(N)c3)C(Br)=CC(c3ccc(Br)c(Br)c3)=CC2Br)c1. The lowest BCUT2D eigenvalue weighted by atomic mass is 9.96. The number of hydrogen-bond donors (Lipinski definition) is 2. The van der Waals surface area contributed by atoms with Gasteiger partial charge < -0.3 is 20.9 Å². The van der Waals surface area contributed by atoms with Gasteiger partial charge in [0.25, 0.3) is 0 Å². The van der Waals surface area contributed by atoms with E-state index in [2.05, 4.69) is 75.9 Å². The van der Waals surface area contributed by atoms with Gasteiger partial charge in [0.05, 0.1) is 4.48 Å². The zero-order valence-corrected chi connectivity index (χ0v) is 22.9. The third-order valence-electron chi connectivity index (χ3n) is 4.81. The van der Waals surface area contributed by atoms with Gasteiger partial charge in [-0.25, -0.2) is 0 Å². The van der Waals surface area contributed by atoms with Gasteiger partial charge in [-0.2, -0.15) is 0 Å². The zero-order valence-electron chi connectivity index (χ0n) is 16.6. The molecule has 0 saturated carbocycles. The lowest BCUT2D eigenvalue weighted by Crippen LogP contribution is -2.51. The summed E-state index contributed by atoms with van der Waals surface area (Å²) in [5.74, 6) is -0.0728. The molecule has 4 nitrogen and oxygen atoms in total. The Morgan fingerprint density at radius 2 is 1.34 bits per heavy atom. The van der Waals surface area contributed by atoms with E-state index in [9.17, 15) is 0 Å². The molecular weight excluding hydrogens is 668 g/mol. The highest BCUT2D eigenvalue weighted by molar-refractivity contribution is 9.13. The Morgan fingerprint density at radius 1 is 0.750 bits per heavy atom. The highest BCUT2D eigenvalue weighted by atomic mass is 79.9. The van der Waals surface area contributed by atoms with Crippen LogP contribution in [0.15, 0.2) is 92.3 Å². The van der Waals surface area contributed by atoms with Gasteiger partial charge in [0.2, 0.25) is 0 Å². The molecule has 0 saturated heterocycles. The van der Waals surface area contributed by atoms with Gasteiger partial charge in [-0.1, -0.05) is 40.2 Å². The van der Waals surface area contributed by atoms with Crippen LogP contribution < -0.4 is 20.9 Å². The summed E-state index contributed by atoms with van der Waals surface area (Å²) < 4.78 is 15.6. The fraction of sp³-hybridized carbons (Fsp3) is 0.0833. The monoisotopic (exact) mass is 682 g/mol. The molecule has 0 fully saturated rings. The fourth-order valence-electron chi connectivity index (χ4n) is 3.28. The van der Waals surface area contributed by atoms with Crippen molar-refractivity contribution < 1.29 is 9.47 Å². The summed E-state index contributed by atoms with van der Waals surface area (Å²) in [5.41, 5.74) is 15.2. The number of alkyl halides is 1. The first-order valence-corrected chi connectivity index (χ1v) is 12.8. The van der Waals surface area contributed by atoms with Crippen molar-refractivity contribution in [2.75, 3.05) is 11.5 Å². The lowest BCUT2D eigenvalue weighted by Gasteiger charge is -2.39. The molecule has 0 aliphatic heterocycles. The van der Waals surface area contributed by atoms with Crippen molar-refractivity contribution >= 4 is 80.7 Å². The molecule has 0 heterocycles. The Morgan fingerprint density at radius 3 is 1.84 bits per heavy atom. The van der Waals surface area contributed by atoms with Gasteiger partial charge in [-0.3, -0.25) is 0 Å². The molecule has 1 aliphatic rings. The molecule has 0 amide bonds. The first kappa shape index (κ1) is 23.4. The molecule has 4 rings (SSSR count). The Labute approximate surface area is 220 Å². The largest absolute Gasteiger partial charge is 0.446 e. The third kappa shape index (κ3) is 4.93. The van der Waals surface area contributed by atoms with Crippen LogP contribution in [0.3, 0.4) is 0 Å². The number of allylic oxidation sites excluding steroid dienone is 2. The molecular formula is C24H18Br4N2O2. The summed E-state index contributed by atoms with van der Waals surface area (Å²) in [7, 11) is 0. The highest BCUT2D eigenvalue weighted by Crippen LogP contribution is 2.44. The standard InChI is InChI=1S/C24H18Br4N2O2/c25-20-8-7-14(9-21(20)26)15-10-22(27)24(23(28)11-15,31-18-5-1-3-16(29)12-18)32-19-6-2-4-17(30)13-19/h1-13,22H,29-30H2. The zero-order chi connectivity index (χ0) is 22.9. The van der Waals surface area contributed by atoms with Crippen LogP contribution in [0.2, 0.25) is 0 Å². The lowest BCUT2D eigenvalue weighted by molar-refractivity contribution is -0.0653. The highest BCUT2D eigenvalue weighted by Gasteiger charge is 2.47. The fourth-order valence-corrected chi connectivity index (χ4v) is 5.58.